The first-order valence-electron chi connectivity index (χ1n) is 10.6. The van der Waals surface area contributed by atoms with Crippen molar-refractivity contribution >= 4 is 17.7 Å². The van der Waals surface area contributed by atoms with Crippen LogP contribution in [0.2, 0.25) is 0 Å². The Hall–Kier alpha value is -3.27. The van der Waals surface area contributed by atoms with E-state index in [1.165, 1.54) is 23.4 Å². The Morgan fingerprint density at radius 2 is 1.91 bits per heavy atom. The van der Waals surface area contributed by atoms with Crippen LogP contribution in [0.25, 0.3) is 0 Å². The van der Waals surface area contributed by atoms with E-state index >= 15 is 0 Å². The van der Waals surface area contributed by atoms with Crippen molar-refractivity contribution in [1.82, 2.24) is 24.7 Å². The van der Waals surface area contributed by atoms with Gasteiger partial charge in [0, 0.05) is 26.2 Å². The van der Waals surface area contributed by atoms with Gasteiger partial charge in [0.15, 0.2) is 5.69 Å². The molecule has 1 aromatic heterocycles. The number of aromatic nitrogens is 2. The topological polar surface area (TPSA) is 96.8 Å². The largest absolute Gasteiger partial charge is 0.378 e. The van der Waals surface area contributed by atoms with Crippen LogP contribution in [0.3, 0.4) is 0 Å². The second kappa shape index (κ2) is 8.70. The van der Waals surface area contributed by atoms with Gasteiger partial charge in [-0.2, -0.15) is 0 Å². The molecule has 2 aliphatic rings. The molecule has 0 saturated carbocycles. The third-order valence-corrected chi connectivity index (χ3v) is 6.03. The highest BCUT2D eigenvalue weighted by Gasteiger charge is 2.48. The lowest BCUT2D eigenvalue weighted by atomic mass is 9.94. The van der Waals surface area contributed by atoms with E-state index in [0.29, 0.717) is 26.3 Å². The van der Waals surface area contributed by atoms with Gasteiger partial charge >= 0.3 is 0 Å². The summed E-state index contributed by atoms with van der Waals surface area (Å²) in [6, 6.07) is 5.85. The molecule has 2 aromatic rings. The van der Waals surface area contributed by atoms with Crippen LogP contribution in [0.5, 0.6) is 0 Å². The van der Waals surface area contributed by atoms with E-state index in [4.69, 9.17) is 4.74 Å². The first-order valence-corrected chi connectivity index (χ1v) is 10.6. The zero-order valence-corrected chi connectivity index (χ0v) is 18.1. The van der Waals surface area contributed by atoms with Gasteiger partial charge in [-0.25, -0.2) is 9.37 Å². The van der Waals surface area contributed by atoms with Crippen LogP contribution in [0, 0.1) is 5.82 Å². The van der Waals surface area contributed by atoms with Gasteiger partial charge in [0.05, 0.1) is 26.1 Å². The molecule has 1 aromatic carbocycles. The molecule has 32 heavy (non-hydrogen) atoms. The summed E-state index contributed by atoms with van der Waals surface area (Å²) in [5, 5.41) is 2.85. The van der Waals surface area contributed by atoms with Gasteiger partial charge in [-0.1, -0.05) is 12.1 Å². The first kappa shape index (κ1) is 21.9. The van der Waals surface area contributed by atoms with Crippen LogP contribution in [0.4, 0.5) is 4.39 Å². The summed E-state index contributed by atoms with van der Waals surface area (Å²) in [6.45, 7) is 5.93. The molecule has 3 amide bonds. The number of rotatable bonds is 5. The Labute approximate surface area is 185 Å². The van der Waals surface area contributed by atoms with Crippen LogP contribution in [0.15, 0.2) is 30.6 Å². The Morgan fingerprint density at radius 3 is 2.56 bits per heavy atom. The summed E-state index contributed by atoms with van der Waals surface area (Å²) in [5.41, 5.74) is -0.120. The maximum Gasteiger partial charge on any atom is 0.275 e. The normalized spacial score (nSPS) is 20.8. The number of carbonyl (C=O) groups excluding carboxylic acids is 3. The molecule has 0 bridgehead atoms. The number of imidazole rings is 1. The molecule has 2 aliphatic heterocycles. The van der Waals surface area contributed by atoms with Crippen LogP contribution in [-0.4, -0.2) is 75.5 Å². The zero-order chi connectivity index (χ0) is 22.9. The SMILES string of the molecule is CCN1C(=O)c2c(C(=O)N3CCOCC3)ncn2CC1(C)C(=O)NCc1ccc(F)cc1. The zero-order valence-electron chi connectivity index (χ0n) is 18.1. The summed E-state index contributed by atoms with van der Waals surface area (Å²) < 4.78 is 20.0. The summed E-state index contributed by atoms with van der Waals surface area (Å²) in [5.74, 6) is -1.40. The number of hydrogen-bond donors (Lipinski definition) is 1. The maximum absolute atomic E-state index is 13.4. The predicted octanol–water partition coefficient (Wildman–Crippen LogP) is 1.05. The molecule has 1 unspecified atom stereocenters. The number of benzene rings is 1. The van der Waals surface area contributed by atoms with Crippen LogP contribution in [0.1, 0.15) is 40.4 Å². The van der Waals surface area contributed by atoms with Crippen molar-refractivity contribution in [2.24, 2.45) is 0 Å². The van der Waals surface area contributed by atoms with Gasteiger partial charge in [0.2, 0.25) is 5.91 Å². The number of halogens is 1. The lowest BCUT2D eigenvalue weighted by Gasteiger charge is -2.43. The molecule has 3 heterocycles. The number of ether oxygens (including phenoxy) is 1. The number of fused-ring (bicyclic) bond motifs is 1. The second-order valence-electron chi connectivity index (χ2n) is 8.11. The average molecular weight is 443 g/mol. The fourth-order valence-corrected chi connectivity index (χ4v) is 4.23. The maximum atomic E-state index is 13.4. The number of morpholine rings is 1. The van der Waals surface area contributed by atoms with Gasteiger partial charge in [-0.05, 0) is 31.5 Å². The molecule has 1 N–H and O–H groups in total. The molecule has 0 spiro atoms. The molecular weight excluding hydrogens is 417 g/mol. The highest BCUT2D eigenvalue weighted by molar-refractivity contribution is 6.07. The molecule has 170 valence electrons. The number of carbonyl (C=O) groups is 3. The van der Waals surface area contributed by atoms with E-state index in [0.717, 1.165) is 5.56 Å². The number of nitrogens with one attached hydrogen (secondary N) is 1. The first-order chi connectivity index (χ1) is 15.3. The van der Waals surface area contributed by atoms with E-state index in [1.54, 1.807) is 35.4 Å². The van der Waals surface area contributed by atoms with Gasteiger partial charge in [-0.3, -0.25) is 14.4 Å². The molecule has 1 fully saturated rings. The molecule has 10 heteroatoms. The fourth-order valence-electron chi connectivity index (χ4n) is 4.23. The summed E-state index contributed by atoms with van der Waals surface area (Å²) >= 11 is 0. The average Bonchev–Trinajstić information content (AvgIpc) is 3.22. The third-order valence-electron chi connectivity index (χ3n) is 6.03. The van der Waals surface area contributed by atoms with Gasteiger partial charge < -0.3 is 24.4 Å². The molecule has 4 rings (SSSR count). The van der Waals surface area contributed by atoms with E-state index in [9.17, 15) is 18.8 Å². The third kappa shape index (κ3) is 3.86. The monoisotopic (exact) mass is 443 g/mol. The minimum atomic E-state index is -1.17. The standard InChI is InChI=1S/C22H26FN5O4/c1-3-28-20(30)18-17(19(29)26-8-10-32-11-9-26)25-14-27(18)13-22(28,2)21(31)24-12-15-4-6-16(23)7-5-15/h4-7,14H,3,8-13H2,1-2H3,(H,24,31). The molecule has 1 atom stereocenters. The Balaban J connectivity index is 1.56. The van der Waals surface area contributed by atoms with Crippen molar-refractivity contribution in [3.05, 3.63) is 53.4 Å². The number of nitrogens with zero attached hydrogens (tertiary/aromatic N) is 4. The highest BCUT2D eigenvalue weighted by atomic mass is 19.1. The van der Waals surface area contributed by atoms with Crippen molar-refractivity contribution in [1.29, 1.82) is 0 Å². The van der Waals surface area contributed by atoms with Crippen molar-refractivity contribution < 1.29 is 23.5 Å². The molecule has 9 nitrogen and oxygen atoms in total. The van der Waals surface area contributed by atoms with E-state index < -0.39 is 11.4 Å². The molecule has 0 radical (unpaired) electrons. The predicted molar refractivity (Wildman–Crippen MR) is 112 cm³/mol. The van der Waals surface area contributed by atoms with Crippen LogP contribution in [-0.2, 0) is 22.6 Å². The lowest BCUT2D eigenvalue weighted by molar-refractivity contribution is -0.132. The quantitative estimate of drug-likeness (QED) is 0.745. The van der Waals surface area contributed by atoms with E-state index in [2.05, 4.69) is 10.3 Å². The van der Waals surface area contributed by atoms with Gasteiger partial charge in [-0.15, -0.1) is 0 Å². The number of amides is 3. The minimum Gasteiger partial charge on any atom is -0.378 e. The van der Waals surface area contributed by atoms with Crippen molar-refractivity contribution in [2.45, 2.75) is 32.5 Å². The molecular formula is C22H26FN5O4. The smallest absolute Gasteiger partial charge is 0.275 e. The lowest BCUT2D eigenvalue weighted by Crippen LogP contribution is -2.63. The number of hydrogen-bond acceptors (Lipinski definition) is 5. The van der Waals surface area contributed by atoms with Crippen LogP contribution >= 0.6 is 0 Å². The van der Waals surface area contributed by atoms with Crippen LogP contribution < -0.4 is 5.32 Å². The van der Waals surface area contributed by atoms with Crippen molar-refractivity contribution in [3.63, 3.8) is 0 Å². The molecule has 0 aliphatic carbocycles. The minimum absolute atomic E-state index is 0.101. The summed E-state index contributed by atoms with van der Waals surface area (Å²) in [7, 11) is 0. The van der Waals surface area contributed by atoms with Gasteiger partial charge in [0.1, 0.15) is 17.1 Å². The Bertz CT molecular complexity index is 1030. The molecule has 1 saturated heterocycles. The second-order valence-corrected chi connectivity index (χ2v) is 8.11. The Morgan fingerprint density at radius 1 is 1.22 bits per heavy atom. The van der Waals surface area contributed by atoms with Crippen molar-refractivity contribution in [2.75, 3.05) is 32.8 Å². The Kier molecular flexibility index (Phi) is 5.96. The number of likely N-dealkylation sites (N-methyl/N-ethyl adjacent to an activating group) is 1. The summed E-state index contributed by atoms with van der Waals surface area (Å²) in [6.07, 6.45) is 1.44. The van der Waals surface area contributed by atoms with Gasteiger partial charge in [0.25, 0.3) is 11.8 Å². The highest BCUT2D eigenvalue weighted by Crippen LogP contribution is 2.29. The van der Waals surface area contributed by atoms with Crippen molar-refractivity contribution in [3.8, 4) is 0 Å². The van der Waals surface area contributed by atoms with E-state index in [1.807, 2.05) is 0 Å². The summed E-state index contributed by atoms with van der Waals surface area (Å²) in [4.78, 5) is 46.9. The fraction of sp³-hybridized carbons (Fsp3) is 0.455. The van der Waals surface area contributed by atoms with E-state index in [-0.39, 0.29) is 48.7 Å².